The van der Waals surface area contributed by atoms with Crippen molar-refractivity contribution >= 4 is 26.5 Å². The first-order valence-electron chi connectivity index (χ1n) is 9.78. The Kier molecular flexibility index (Phi) is 4.40. The van der Waals surface area contributed by atoms with E-state index in [-0.39, 0.29) is 4.90 Å². The van der Waals surface area contributed by atoms with Gasteiger partial charge in [0.15, 0.2) is 4.90 Å². The number of benzene rings is 1. The summed E-state index contributed by atoms with van der Waals surface area (Å²) in [5.74, 6) is 0.363. The number of aromatic nitrogens is 3. The second kappa shape index (κ2) is 6.96. The molecule has 2 aromatic heterocycles. The largest absolute Gasteiger partial charge is 0.477 e. The number of pyridine rings is 1. The summed E-state index contributed by atoms with van der Waals surface area (Å²) < 4.78 is 35.1. The Labute approximate surface area is 169 Å². The number of nitrogens with zero attached hydrogens (tertiary/aromatic N) is 4. The van der Waals surface area contributed by atoms with Gasteiger partial charge in [-0.05, 0) is 36.1 Å². The van der Waals surface area contributed by atoms with Crippen LogP contribution < -0.4 is 4.74 Å². The van der Waals surface area contributed by atoms with Crippen molar-refractivity contribution in [2.24, 2.45) is 0 Å². The maximum Gasteiger partial charge on any atom is 0.250 e. The molecule has 0 saturated carbocycles. The molecule has 0 aliphatic carbocycles. The predicted molar refractivity (Wildman–Crippen MR) is 110 cm³/mol. The Morgan fingerprint density at radius 3 is 2.83 bits per heavy atom. The highest BCUT2D eigenvalue weighted by atomic mass is 32.2. The van der Waals surface area contributed by atoms with Gasteiger partial charge in [0, 0.05) is 37.6 Å². The molecule has 150 valence electrons. The second-order valence-electron chi connectivity index (χ2n) is 7.41. The Balaban J connectivity index is 1.47. The first kappa shape index (κ1) is 18.3. The first-order valence-corrected chi connectivity index (χ1v) is 11.2. The maximum absolute atomic E-state index is 13.2. The molecule has 8 heteroatoms. The van der Waals surface area contributed by atoms with Gasteiger partial charge >= 0.3 is 0 Å². The van der Waals surface area contributed by atoms with Crippen molar-refractivity contribution in [3.63, 3.8) is 0 Å². The van der Waals surface area contributed by atoms with Crippen LogP contribution in [0.15, 0.2) is 47.6 Å². The molecule has 0 bridgehead atoms. The van der Waals surface area contributed by atoms with E-state index in [0.717, 1.165) is 22.9 Å². The lowest BCUT2D eigenvalue weighted by Crippen LogP contribution is -2.35. The van der Waals surface area contributed by atoms with Crippen LogP contribution in [0.1, 0.15) is 24.0 Å². The molecule has 0 spiro atoms. The van der Waals surface area contributed by atoms with E-state index >= 15 is 0 Å². The third-order valence-electron chi connectivity index (χ3n) is 5.59. The van der Waals surface area contributed by atoms with Gasteiger partial charge in [-0.3, -0.25) is 4.98 Å². The lowest BCUT2D eigenvalue weighted by Gasteiger charge is -2.27. The molecule has 0 radical (unpaired) electrons. The molecule has 4 heterocycles. The van der Waals surface area contributed by atoms with Gasteiger partial charge in [0.2, 0.25) is 15.9 Å². The molecular weight excluding hydrogens is 388 g/mol. The fourth-order valence-electron chi connectivity index (χ4n) is 4.12. The zero-order valence-corrected chi connectivity index (χ0v) is 17.0. The Morgan fingerprint density at radius 1 is 1.14 bits per heavy atom. The fourth-order valence-corrected chi connectivity index (χ4v) is 5.57. The molecule has 29 heavy (non-hydrogen) atoms. The van der Waals surface area contributed by atoms with Crippen molar-refractivity contribution < 1.29 is 13.2 Å². The van der Waals surface area contributed by atoms with Crippen LogP contribution in [0.4, 0.5) is 0 Å². The summed E-state index contributed by atoms with van der Waals surface area (Å²) in [4.78, 5) is 4.67. The molecule has 0 fully saturated rings. The van der Waals surface area contributed by atoms with E-state index in [4.69, 9.17) is 4.74 Å². The third-order valence-corrected chi connectivity index (χ3v) is 7.44. The van der Waals surface area contributed by atoms with E-state index in [1.807, 2.05) is 30.5 Å². The minimum atomic E-state index is -3.65. The van der Waals surface area contributed by atoms with Gasteiger partial charge in [-0.15, -0.1) is 0 Å². The average Bonchev–Trinajstić information content (AvgIpc) is 3.19. The third kappa shape index (κ3) is 3.03. The lowest BCUT2D eigenvalue weighted by molar-refractivity contribution is 0.224. The maximum atomic E-state index is 13.2. The molecule has 0 amide bonds. The van der Waals surface area contributed by atoms with Crippen LogP contribution in [0.2, 0.25) is 0 Å². The highest BCUT2D eigenvalue weighted by molar-refractivity contribution is 7.89. The lowest BCUT2D eigenvalue weighted by atomic mass is 9.93. The van der Waals surface area contributed by atoms with E-state index in [2.05, 4.69) is 23.1 Å². The van der Waals surface area contributed by atoms with Crippen molar-refractivity contribution in [1.29, 1.82) is 0 Å². The van der Waals surface area contributed by atoms with Crippen LogP contribution in [-0.2, 0) is 16.6 Å². The smallest absolute Gasteiger partial charge is 0.250 e. The summed E-state index contributed by atoms with van der Waals surface area (Å²) in [6.07, 6.45) is 6.81. The van der Waals surface area contributed by atoms with Gasteiger partial charge in [-0.25, -0.2) is 13.1 Å². The molecule has 0 N–H and O–H groups in total. The zero-order chi connectivity index (χ0) is 20.0. The topological polar surface area (TPSA) is 77.3 Å². The van der Waals surface area contributed by atoms with Crippen molar-refractivity contribution in [2.75, 3.05) is 19.7 Å². The number of hydrogen-bond acceptors (Lipinski definition) is 5. The van der Waals surface area contributed by atoms with Crippen LogP contribution in [0.5, 0.6) is 5.88 Å². The quantitative estimate of drug-likeness (QED) is 0.663. The monoisotopic (exact) mass is 410 g/mol. The van der Waals surface area contributed by atoms with Crippen LogP contribution in [0, 0.1) is 6.92 Å². The van der Waals surface area contributed by atoms with Gasteiger partial charge in [0.1, 0.15) is 0 Å². The highest BCUT2D eigenvalue weighted by Gasteiger charge is 2.33. The Morgan fingerprint density at radius 2 is 2.00 bits per heavy atom. The molecule has 0 saturated heterocycles. The summed E-state index contributed by atoms with van der Waals surface area (Å²) in [5.41, 5.74) is 4.39. The van der Waals surface area contributed by atoms with E-state index in [1.54, 1.807) is 4.68 Å². The zero-order valence-electron chi connectivity index (χ0n) is 16.2. The first-order chi connectivity index (χ1) is 14.1. The standard InChI is InChI=1S/C21H22N4O3S/c1-15-13-22-18-6-3-2-5-17(18)20(15)16-7-10-24(11-8-16)29(26,27)19-14-23-25-9-4-12-28-21(19)25/h2-3,5-7,13-14H,4,8-12H2,1H3. The van der Waals surface area contributed by atoms with Crippen molar-refractivity contribution in [2.45, 2.75) is 31.2 Å². The average molecular weight is 410 g/mol. The van der Waals surface area contributed by atoms with E-state index in [0.29, 0.717) is 38.5 Å². The van der Waals surface area contributed by atoms with Crippen molar-refractivity contribution in [3.8, 4) is 5.88 Å². The SMILES string of the molecule is Cc1cnc2ccccc2c1C1=CCN(S(=O)(=O)c2cnn3c2OCCC3)CC1. The van der Waals surface area contributed by atoms with Gasteiger partial charge in [-0.1, -0.05) is 24.3 Å². The normalized spacial score (nSPS) is 17.6. The molecular formula is C21H22N4O3S. The van der Waals surface area contributed by atoms with Crippen LogP contribution in [-0.4, -0.2) is 47.2 Å². The molecule has 0 atom stereocenters. The summed E-state index contributed by atoms with van der Waals surface area (Å²) >= 11 is 0. The molecule has 3 aromatic rings. The molecule has 5 rings (SSSR count). The summed E-state index contributed by atoms with van der Waals surface area (Å²) in [7, 11) is -3.65. The number of rotatable bonds is 3. The molecule has 0 unspecified atom stereocenters. The number of para-hydroxylation sites is 1. The molecule has 1 aromatic carbocycles. The highest BCUT2D eigenvalue weighted by Crippen LogP contribution is 2.34. The fraction of sp³-hybridized carbons (Fsp3) is 0.333. The summed E-state index contributed by atoms with van der Waals surface area (Å²) in [5, 5.41) is 5.30. The minimum absolute atomic E-state index is 0.166. The van der Waals surface area contributed by atoms with Crippen molar-refractivity contribution in [3.05, 3.63) is 53.9 Å². The second-order valence-corrected chi connectivity index (χ2v) is 9.32. The molecule has 2 aliphatic heterocycles. The van der Waals surface area contributed by atoms with Gasteiger partial charge in [-0.2, -0.15) is 9.40 Å². The Hall–Kier alpha value is -2.71. The van der Waals surface area contributed by atoms with Crippen LogP contribution in [0.25, 0.3) is 16.5 Å². The van der Waals surface area contributed by atoms with Crippen molar-refractivity contribution in [1.82, 2.24) is 19.1 Å². The number of hydrogen-bond donors (Lipinski definition) is 0. The molecule has 2 aliphatic rings. The summed E-state index contributed by atoms with van der Waals surface area (Å²) in [6, 6.07) is 8.07. The van der Waals surface area contributed by atoms with Gasteiger partial charge in [0.25, 0.3) is 0 Å². The Bertz CT molecular complexity index is 1230. The summed E-state index contributed by atoms with van der Waals surface area (Å²) in [6.45, 7) is 4.01. The van der Waals surface area contributed by atoms with E-state index in [9.17, 15) is 8.42 Å². The number of ether oxygens (including phenoxy) is 1. The van der Waals surface area contributed by atoms with Crippen LogP contribution >= 0.6 is 0 Å². The van der Waals surface area contributed by atoms with E-state index < -0.39 is 10.0 Å². The number of sulfonamides is 1. The van der Waals surface area contributed by atoms with E-state index in [1.165, 1.54) is 21.6 Å². The number of aryl methyl sites for hydroxylation is 2. The number of fused-ring (bicyclic) bond motifs is 2. The minimum Gasteiger partial charge on any atom is -0.477 e. The predicted octanol–water partition coefficient (Wildman–Crippen LogP) is 3.00. The van der Waals surface area contributed by atoms with Crippen LogP contribution in [0.3, 0.4) is 0 Å². The molecule has 7 nitrogen and oxygen atoms in total. The van der Waals surface area contributed by atoms with Gasteiger partial charge in [0.05, 0.1) is 18.3 Å². The van der Waals surface area contributed by atoms with Gasteiger partial charge < -0.3 is 4.74 Å².